The van der Waals surface area contributed by atoms with Gasteiger partial charge in [0.1, 0.15) is 17.9 Å². The van der Waals surface area contributed by atoms with Crippen molar-refractivity contribution in [1.29, 1.82) is 0 Å². The molecule has 0 saturated heterocycles. The Morgan fingerprint density at radius 1 is 1.00 bits per heavy atom. The van der Waals surface area contributed by atoms with Crippen molar-refractivity contribution in [2.24, 2.45) is 0 Å². The molecule has 0 saturated carbocycles. The molecule has 2 N–H and O–H groups in total. The summed E-state index contributed by atoms with van der Waals surface area (Å²) in [5.41, 5.74) is 5.77. The first kappa shape index (κ1) is 27.7. The fraction of sp³-hybridized carbons (Fsp3) is 0.121. The summed E-state index contributed by atoms with van der Waals surface area (Å²) in [4.78, 5) is 28.8. The summed E-state index contributed by atoms with van der Waals surface area (Å²) in [7, 11) is 1.59. The third kappa shape index (κ3) is 6.65. The molecule has 5 aromatic rings. The van der Waals surface area contributed by atoms with Gasteiger partial charge in [0.05, 0.1) is 6.54 Å². The highest BCUT2D eigenvalue weighted by Gasteiger charge is 2.10. The second-order valence-electron chi connectivity index (χ2n) is 9.47. The minimum atomic E-state index is -0.225. The maximum Gasteiger partial charge on any atom is 0.251 e. The first-order chi connectivity index (χ1) is 19.9. The molecule has 0 aliphatic carbocycles. The van der Waals surface area contributed by atoms with E-state index in [0.717, 1.165) is 39.1 Å². The van der Waals surface area contributed by atoms with E-state index in [4.69, 9.17) is 16.3 Å². The number of hydrogen-bond acceptors (Lipinski definition) is 4. The van der Waals surface area contributed by atoms with Crippen LogP contribution in [0, 0.1) is 6.92 Å². The van der Waals surface area contributed by atoms with Gasteiger partial charge >= 0.3 is 0 Å². The number of amides is 2. The van der Waals surface area contributed by atoms with E-state index >= 15 is 0 Å². The highest BCUT2D eigenvalue weighted by molar-refractivity contribution is 6.31. The Labute approximate surface area is 243 Å². The molecule has 206 valence electrons. The van der Waals surface area contributed by atoms with E-state index in [0.29, 0.717) is 22.9 Å². The zero-order valence-electron chi connectivity index (χ0n) is 22.7. The van der Waals surface area contributed by atoms with Gasteiger partial charge in [0.25, 0.3) is 5.91 Å². The quantitative estimate of drug-likeness (QED) is 0.207. The number of benzene rings is 3. The van der Waals surface area contributed by atoms with Crippen LogP contribution in [0.4, 0.5) is 0 Å². The van der Waals surface area contributed by atoms with Gasteiger partial charge in [-0.1, -0.05) is 41.9 Å². The lowest BCUT2D eigenvalue weighted by atomic mass is 10.1. The smallest absolute Gasteiger partial charge is 0.251 e. The summed E-state index contributed by atoms with van der Waals surface area (Å²) in [6.07, 6.45) is 5.13. The van der Waals surface area contributed by atoms with E-state index < -0.39 is 0 Å². The Morgan fingerprint density at radius 2 is 1.83 bits per heavy atom. The predicted octanol–water partition coefficient (Wildman–Crippen LogP) is 6.26. The molecule has 2 amide bonds. The van der Waals surface area contributed by atoms with Crippen LogP contribution >= 0.6 is 11.6 Å². The number of carbonyl (C=O) groups excluding carboxylic acids is 2. The number of carbonyl (C=O) groups is 2. The predicted molar refractivity (Wildman–Crippen MR) is 162 cm³/mol. The molecule has 5 rings (SSSR count). The second-order valence-corrected chi connectivity index (χ2v) is 9.87. The molecule has 0 unspecified atom stereocenters. The summed E-state index contributed by atoms with van der Waals surface area (Å²) in [6.45, 7) is 2.57. The maximum absolute atomic E-state index is 12.5. The molecule has 0 atom stereocenters. The lowest BCUT2D eigenvalue weighted by Crippen LogP contribution is -2.21. The number of nitrogens with zero attached hydrogens (tertiary/aromatic N) is 2. The van der Waals surface area contributed by atoms with Crippen LogP contribution in [0.1, 0.15) is 32.9 Å². The molecule has 41 heavy (non-hydrogen) atoms. The normalized spacial score (nSPS) is 11.1. The van der Waals surface area contributed by atoms with Crippen molar-refractivity contribution in [3.63, 3.8) is 0 Å². The summed E-state index contributed by atoms with van der Waals surface area (Å²) >= 11 is 6.54. The van der Waals surface area contributed by atoms with Crippen molar-refractivity contribution in [1.82, 2.24) is 20.2 Å². The first-order valence-electron chi connectivity index (χ1n) is 13.1. The van der Waals surface area contributed by atoms with Crippen molar-refractivity contribution in [3.8, 4) is 11.4 Å². The van der Waals surface area contributed by atoms with Crippen LogP contribution in [-0.4, -0.2) is 28.4 Å². The van der Waals surface area contributed by atoms with Crippen molar-refractivity contribution < 1.29 is 14.3 Å². The SMILES string of the molecule is CNC(=O)c1ccc(C=CC(=O)NCc2cccn2-c2ccc(Cl)c(COc3cccc4ccc(C)nc34)c2)cc1. The Balaban J connectivity index is 1.24. The van der Waals surface area contributed by atoms with Crippen LogP contribution in [0.15, 0.2) is 97.2 Å². The van der Waals surface area contributed by atoms with E-state index in [1.807, 2.05) is 78.4 Å². The maximum atomic E-state index is 12.5. The molecule has 0 bridgehead atoms. The van der Waals surface area contributed by atoms with Crippen molar-refractivity contribution in [3.05, 3.63) is 130 Å². The van der Waals surface area contributed by atoms with Crippen molar-refractivity contribution in [2.75, 3.05) is 7.05 Å². The van der Waals surface area contributed by atoms with Gasteiger partial charge in [-0.05, 0) is 73.2 Å². The number of fused-ring (bicyclic) bond motifs is 1. The number of nitrogens with one attached hydrogen (secondary N) is 2. The van der Waals surface area contributed by atoms with Gasteiger partial charge in [-0.3, -0.25) is 9.59 Å². The van der Waals surface area contributed by atoms with Crippen LogP contribution < -0.4 is 15.4 Å². The number of aryl methyl sites for hydroxylation is 1. The van der Waals surface area contributed by atoms with Gasteiger partial charge in [-0.2, -0.15) is 0 Å². The Kier molecular flexibility index (Phi) is 8.46. The molecular weight excluding hydrogens is 536 g/mol. The van der Waals surface area contributed by atoms with E-state index in [2.05, 4.69) is 15.6 Å². The molecule has 0 spiro atoms. The first-order valence-corrected chi connectivity index (χ1v) is 13.5. The van der Waals surface area contributed by atoms with Crippen molar-refractivity contribution >= 4 is 40.4 Å². The fourth-order valence-electron chi connectivity index (χ4n) is 4.42. The highest BCUT2D eigenvalue weighted by atomic mass is 35.5. The van der Waals surface area contributed by atoms with Crippen LogP contribution in [0.5, 0.6) is 5.75 Å². The molecule has 8 heteroatoms. The minimum absolute atomic E-state index is 0.154. The highest BCUT2D eigenvalue weighted by Crippen LogP contribution is 2.27. The number of rotatable bonds is 9. The van der Waals surface area contributed by atoms with Gasteiger partial charge in [-0.15, -0.1) is 0 Å². The van der Waals surface area contributed by atoms with Crippen LogP contribution in [0.3, 0.4) is 0 Å². The average Bonchev–Trinajstić information content (AvgIpc) is 3.47. The molecule has 2 heterocycles. The van der Waals surface area contributed by atoms with E-state index in [1.54, 1.807) is 37.4 Å². The molecule has 2 aromatic heterocycles. The van der Waals surface area contributed by atoms with Crippen molar-refractivity contribution in [2.45, 2.75) is 20.1 Å². The number of aromatic nitrogens is 2. The molecule has 3 aromatic carbocycles. The summed E-state index contributed by atoms with van der Waals surface area (Å²) < 4.78 is 8.17. The molecule has 7 nitrogen and oxygen atoms in total. The monoisotopic (exact) mass is 564 g/mol. The number of para-hydroxylation sites is 1. The van der Waals surface area contributed by atoms with E-state index in [1.165, 1.54) is 6.08 Å². The van der Waals surface area contributed by atoms with E-state index in [9.17, 15) is 9.59 Å². The number of pyridine rings is 1. The van der Waals surface area contributed by atoms with Crippen LogP contribution in [0.25, 0.3) is 22.7 Å². The number of halogens is 1. The number of hydrogen-bond donors (Lipinski definition) is 2. The topological polar surface area (TPSA) is 85.2 Å². The molecule has 0 aliphatic rings. The lowest BCUT2D eigenvalue weighted by Gasteiger charge is -2.14. The molecule has 0 fully saturated rings. The summed E-state index contributed by atoms with van der Waals surface area (Å²) in [6, 6.07) is 26.6. The molecule has 0 radical (unpaired) electrons. The molecule has 0 aliphatic heterocycles. The minimum Gasteiger partial charge on any atom is -0.487 e. The average molecular weight is 565 g/mol. The molecular formula is C33H29ClN4O3. The van der Waals surface area contributed by atoms with Gasteiger partial charge in [-0.25, -0.2) is 4.98 Å². The van der Waals surface area contributed by atoms with Gasteiger partial charge in [0.15, 0.2) is 0 Å². The zero-order valence-corrected chi connectivity index (χ0v) is 23.5. The lowest BCUT2D eigenvalue weighted by molar-refractivity contribution is -0.116. The van der Waals surface area contributed by atoms with E-state index in [-0.39, 0.29) is 18.4 Å². The summed E-state index contributed by atoms with van der Waals surface area (Å²) in [5, 5.41) is 7.14. The Bertz CT molecular complexity index is 1740. The zero-order chi connectivity index (χ0) is 28.8. The van der Waals surface area contributed by atoms with Gasteiger partial charge in [0, 0.05) is 57.9 Å². The largest absolute Gasteiger partial charge is 0.487 e. The van der Waals surface area contributed by atoms with Crippen LogP contribution in [-0.2, 0) is 17.9 Å². The third-order valence-corrected chi connectivity index (χ3v) is 6.99. The van der Waals surface area contributed by atoms with Gasteiger partial charge < -0.3 is 19.9 Å². The van der Waals surface area contributed by atoms with Crippen LogP contribution in [0.2, 0.25) is 5.02 Å². The number of ether oxygens (including phenoxy) is 1. The van der Waals surface area contributed by atoms with Gasteiger partial charge in [0.2, 0.25) is 5.91 Å². The Hall–Kier alpha value is -4.88. The third-order valence-electron chi connectivity index (χ3n) is 6.62. The Morgan fingerprint density at radius 3 is 2.63 bits per heavy atom. The second kappa shape index (κ2) is 12.5. The fourth-order valence-corrected chi connectivity index (χ4v) is 4.59. The standard InChI is InChI=1S/C33H29ClN4O3/c1-22-8-12-24-5-3-7-30(32(24)37-22)41-21-26-19-27(15-16-29(26)34)38-18-4-6-28(38)20-36-31(39)17-11-23-9-13-25(14-10-23)33(40)35-2/h3-19H,20-21H2,1-2H3,(H,35,40)(H,36,39). The summed E-state index contributed by atoms with van der Waals surface area (Å²) in [5.74, 6) is 0.323.